The molecule has 1 atom stereocenters. The number of hydrogen-bond acceptors (Lipinski definition) is 1. The molecule has 0 bridgehead atoms. The normalized spacial score (nSPS) is 18.6. The number of benzene rings is 1. The quantitative estimate of drug-likeness (QED) is 0.831. The lowest BCUT2D eigenvalue weighted by molar-refractivity contribution is 0.310. The Morgan fingerprint density at radius 2 is 2.20 bits per heavy atom. The van der Waals surface area contributed by atoms with Crippen LogP contribution < -0.4 is 5.32 Å². The summed E-state index contributed by atoms with van der Waals surface area (Å²) in [5.74, 6) is -0.221. The highest BCUT2D eigenvalue weighted by molar-refractivity contribution is 6.31. The third-order valence-corrected chi connectivity index (χ3v) is 3.35. The van der Waals surface area contributed by atoms with Crippen molar-refractivity contribution in [2.75, 3.05) is 0 Å². The first-order valence-electron chi connectivity index (χ1n) is 5.38. The van der Waals surface area contributed by atoms with Crippen molar-refractivity contribution in [1.29, 1.82) is 0 Å². The maximum Gasteiger partial charge on any atom is 0.129 e. The van der Waals surface area contributed by atoms with Gasteiger partial charge < -0.3 is 5.32 Å². The van der Waals surface area contributed by atoms with Gasteiger partial charge in [0.15, 0.2) is 0 Å². The summed E-state index contributed by atoms with van der Waals surface area (Å²) in [6.45, 7) is 1.96. The maximum absolute atomic E-state index is 13.5. The highest BCUT2D eigenvalue weighted by Crippen LogP contribution is 2.28. The third kappa shape index (κ3) is 2.32. The molecule has 1 nitrogen and oxygen atoms in total. The zero-order valence-corrected chi connectivity index (χ0v) is 9.52. The van der Waals surface area contributed by atoms with Crippen LogP contribution in [0.4, 0.5) is 4.39 Å². The molecule has 1 unspecified atom stereocenters. The highest BCUT2D eigenvalue weighted by Gasteiger charge is 2.22. The Morgan fingerprint density at radius 1 is 1.47 bits per heavy atom. The highest BCUT2D eigenvalue weighted by atomic mass is 35.5. The monoisotopic (exact) mass is 227 g/mol. The van der Waals surface area contributed by atoms with Crippen LogP contribution in [0.15, 0.2) is 18.2 Å². The molecular weight excluding hydrogens is 213 g/mol. The molecule has 15 heavy (non-hydrogen) atoms. The summed E-state index contributed by atoms with van der Waals surface area (Å²) in [6.07, 6.45) is 3.65. The van der Waals surface area contributed by atoms with Gasteiger partial charge in [0, 0.05) is 22.7 Å². The van der Waals surface area contributed by atoms with Crippen molar-refractivity contribution in [3.8, 4) is 0 Å². The Kier molecular flexibility index (Phi) is 3.27. The minimum Gasteiger partial charge on any atom is -0.307 e. The van der Waals surface area contributed by atoms with Crippen LogP contribution in [-0.2, 0) is 0 Å². The van der Waals surface area contributed by atoms with Gasteiger partial charge in [-0.15, -0.1) is 0 Å². The molecule has 0 aliphatic heterocycles. The van der Waals surface area contributed by atoms with Crippen LogP contribution in [0.3, 0.4) is 0 Å². The first-order valence-corrected chi connectivity index (χ1v) is 5.76. The summed E-state index contributed by atoms with van der Waals surface area (Å²) in [5.41, 5.74) is 0.589. The second-order valence-corrected chi connectivity index (χ2v) is 4.56. The Morgan fingerprint density at radius 3 is 2.73 bits per heavy atom. The van der Waals surface area contributed by atoms with Gasteiger partial charge in [0.1, 0.15) is 5.82 Å². The van der Waals surface area contributed by atoms with Crippen molar-refractivity contribution in [3.63, 3.8) is 0 Å². The zero-order chi connectivity index (χ0) is 10.8. The molecule has 1 aromatic rings. The average molecular weight is 228 g/mol. The fourth-order valence-corrected chi connectivity index (χ4v) is 2.26. The molecule has 1 aliphatic rings. The van der Waals surface area contributed by atoms with E-state index in [1.54, 1.807) is 12.1 Å². The smallest absolute Gasteiger partial charge is 0.129 e. The molecule has 0 saturated heterocycles. The number of nitrogens with one attached hydrogen (secondary N) is 1. The molecule has 0 heterocycles. The van der Waals surface area contributed by atoms with Crippen LogP contribution in [0.5, 0.6) is 0 Å². The van der Waals surface area contributed by atoms with Gasteiger partial charge in [0.05, 0.1) is 0 Å². The summed E-state index contributed by atoms with van der Waals surface area (Å²) in [6, 6.07) is 5.36. The summed E-state index contributed by atoms with van der Waals surface area (Å²) in [7, 11) is 0. The van der Waals surface area contributed by atoms with Crippen LogP contribution in [0, 0.1) is 5.82 Å². The molecule has 1 saturated carbocycles. The fourth-order valence-electron chi connectivity index (χ4n) is 1.94. The molecule has 1 fully saturated rings. The standard InChI is InChI=1S/C12H15ClFN/c1-8(15-9-4-2-5-9)12-10(13)6-3-7-11(12)14/h3,6-9,15H,2,4-5H2,1H3. The van der Waals surface area contributed by atoms with Crippen LogP contribution >= 0.6 is 11.6 Å². The van der Waals surface area contributed by atoms with Gasteiger partial charge >= 0.3 is 0 Å². The lowest BCUT2D eigenvalue weighted by atomic mass is 9.91. The molecule has 2 rings (SSSR count). The van der Waals surface area contributed by atoms with E-state index in [1.807, 2.05) is 6.92 Å². The fraction of sp³-hybridized carbons (Fsp3) is 0.500. The predicted octanol–water partition coefficient (Wildman–Crippen LogP) is 3.68. The van der Waals surface area contributed by atoms with Gasteiger partial charge in [0.25, 0.3) is 0 Å². The molecule has 1 N–H and O–H groups in total. The van der Waals surface area contributed by atoms with Crippen molar-refractivity contribution in [2.24, 2.45) is 0 Å². The molecule has 0 amide bonds. The second-order valence-electron chi connectivity index (χ2n) is 4.15. The Bertz CT molecular complexity index is 329. The van der Waals surface area contributed by atoms with E-state index >= 15 is 0 Å². The summed E-state index contributed by atoms with van der Waals surface area (Å²) in [5, 5.41) is 3.90. The molecule has 3 heteroatoms. The van der Waals surface area contributed by atoms with Crippen molar-refractivity contribution in [2.45, 2.75) is 38.3 Å². The van der Waals surface area contributed by atoms with E-state index < -0.39 is 0 Å². The van der Waals surface area contributed by atoms with E-state index in [0.717, 1.165) is 0 Å². The average Bonchev–Trinajstić information content (AvgIpc) is 2.11. The molecule has 1 aromatic carbocycles. The summed E-state index contributed by atoms with van der Waals surface area (Å²) >= 11 is 5.99. The van der Waals surface area contributed by atoms with Gasteiger partial charge in [-0.25, -0.2) is 4.39 Å². The first-order chi connectivity index (χ1) is 7.18. The number of rotatable bonds is 3. The van der Waals surface area contributed by atoms with Crippen LogP contribution in [0.2, 0.25) is 5.02 Å². The van der Waals surface area contributed by atoms with Gasteiger partial charge in [-0.2, -0.15) is 0 Å². The molecule has 0 aromatic heterocycles. The molecule has 1 aliphatic carbocycles. The van der Waals surface area contributed by atoms with E-state index in [0.29, 0.717) is 16.6 Å². The Labute approximate surface area is 94.6 Å². The van der Waals surface area contributed by atoms with E-state index in [9.17, 15) is 4.39 Å². The van der Waals surface area contributed by atoms with Crippen molar-refractivity contribution in [1.82, 2.24) is 5.32 Å². The SMILES string of the molecule is CC(NC1CCC1)c1c(F)cccc1Cl. The van der Waals surface area contributed by atoms with Crippen molar-refractivity contribution >= 4 is 11.6 Å². The van der Waals surface area contributed by atoms with Crippen LogP contribution in [0.1, 0.15) is 37.8 Å². The van der Waals surface area contributed by atoms with E-state index in [1.165, 1.54) is 25.3 Å². The Hall–Kier alpha value is -0.600. The molecule has 0 spiro atoms. The predicted molar refractivity (Wildman–Crippen MR) is 60.6 cm³/mol. The Balaban J connectivity index is 2.12. The molecular formula is C12H15ClFN. The maximum atomic E-state index is 13.5. The molecule has 82 valence electrons. The van der Waals surface area contributed by atoms with Gasteiger partial charge in [0.2, 0.25) is 0 Å². The second kappa shape index (κ2) is 4.50. The zero-order valence-electron chi connectivity index (χ0n) is 8.76. The van der Waals surface area contributed by atoms with Crippen LogP contribution in [-0.4, -0.2) is 6.04 Å². The van der Waals surface area contributed by atoms with E-state index in [2.05, 4.69) is 5.32 Å². The van der Waals surface area contributed by atoms with Gasteiger partial charge in [-0.05, 0) is 31.9 Å². The minimum atomic E-state index is -0.221. The van der Waals surface area contributed by atoms with Crippen molar-refractivity contribution < 1.29 is 4.39 Å². The van der Waals surface area contributed by atoms with E-state index in [4.69, 9.17) is 11.6 Å². The topological polar surface area (TPSA) is 12.0 Å². The first kappa shape index (κ1) is 10.9. The van der Waals surface area contributed by atoms with Crippen molar-refractivity contribution in [3.05, 3.63) is 34.6 Å². The van der Waals surface area contributed by atoms with Crippen LogP contribution in [0.25, 0.3) is 0 Å². The molecule has 0 radical (unpaired) electrons. The van der Waals surface area contributed by atoms with Gasteiger partial charge in [-0.3, -0.25) is 0 Å². The van der Waals surface area contributed by atoms with Gasteiger partial charge in [-0.1, -0.05) is 24.1 Å². The largest absolute Gasteiger partial charge is 0.307 e. The number of halogens is 2. The van der Waals surface area contributed by atoms with E-state index in [-0.39, 0.29) is 11.9 Å². The minimum absolute atomic E-state index is 0.0102. The number of hydrogen-bond donors (Lipinski definition) is 1. The summed E-state index contributed by atoms with van der Waals surface area (Å²) in [4.78, 5) is 0. The summed E-state index contributed by atoms with van der Waals surface area (Å²) < 4.78 is 13.5. The lowest BCUT2D eigenvalue weighted by Crippen LogP contribution is -2.37. The lowest BCUT2D eigenvalue weighted by Gasteiger charge is -2.30. The third-order valence-electron chi connectivity index (χ3n) is 3.02.